The van der Waals surface area contributed by atoms with Gasteiger partial charge in [0.15, 0.2) is 0 Å². The van der Waals surface area contributed by atoms with Crippen LogP contribution in [0.2, 0.25) is 0 Å². The van der Waals surface area contributed by atoms with E-state index in [4.69, 9.17) is 0 Å². The van der Waals surface area contributed by atoms with Gasteiger partial charge in [0.25, 0.3) is 0 Å². The summed E-state index contributed by atoms with van der Waals surface area (Å²) in [6, 6.07) is 0. The molecule has 0 aliphatic heterocycles. The molecule has 0 rings (SSSR count). The van der Waals surface area contributed by atoms with Crippen LogP contribution >= 0.6 is 0 Å². The van der Waals surface area contributed by atoms with E-state index in [1.54, 1.807) is 0 Å². The Morgan fingerprint density at radius 1 is 1.00 bits per heavy atom. The second-order valence-electron chi connectivity index (χ2n) is 4.59. The van der Waals surface area contributed by atoms with Crippen molar-refractivity contribution in [3.05, 3.63) is 0 Å². The minimum atomic E-state index is -4.38. The maximum Gasteiger partial charge on any atom is 1.00 e. The maximum absolute atomic E-state index is 11.1. The predicted molar refractivity (Wildman–Crippen MR) is 67.8 cm³/mol. The summed E-state index contributed by atoms with van der Waals surface area (Å²) in [7, 11) is -4.38. The van der Waals surface area contributed by atoms with E-state index in [0.29, 0.717) is 12.8 Å². The number of rotatable bonds is 10. The van der Waals surface area contributed by atoms with Gasteiger partial charge in [-0.1, -0.05) is 52.4 Å². The van der Waals surface area contributed by atoms with Gasteiger partial charge in [-0.05, 0) is 12.8 Å². The van der Waals surface area contributed by atoms with Crippen LogP contribution in [0.3, 0.4) is 0 Å². The van der Waals surface area contributed by atoms with Crippen molar-refractivity contribution >= 4 is 10.1 Å². The first-order chi connectivity index (χ1) is 7.93. The Kier molecular flexibility index (Phi) is 14.9. The summed E-state index contributed by atoms with van der Waals surface area (Å²) in [5.74, 6) is 0. The quantitative estimate of drug-likeness (QED) is 0.333. The third kappa shape index (κ3) is 10.3. The topological polar surface area (TPSA) is 77.4 Å². The Balaban J connectivity index is 0. The summed E-state index contributed by atoms with van der Waals surface area (Å²) in [6.45, 7) is 4.02. The summed E-state index contributed by atoms with van der Waals surface area (Å²) in [6.07, 6.45) is 5.12. The molecule has 2 unspecified atom stereocenters. The second kappa shape index (κ2) is 12.3. The number of hydrogen-bond donors (Lipinski definition) is 1. The zero-order valence-electron chi connectivity index (χ0n) is 11.9. The van der Waals surface area contributed by atoms with Crippen molar-refractivity contribution in [1.29, 1.82) is 0 Å². The molecule has 0 saturated heterocycles. The number of aliphatic hydroxyl groups is 1. The molecule has 1 N–H and O–H groups in total. The smallest absolute Gasteiger partial charge is 0.748 e. The molecule has 0 aliphatic carbocycles. The standard InChI is InChI=1S/C12H26O4S.K/c1-3-5-7-8-9-11(13)12(10-6-4-2)17(14,15)16;/h11-13H,3-10H2,1-2H3,(H,14,15,16);/q;+1/p-1. The van der Waals surface area contributed by atoms with Gasteiger partial charge in [-0.2, -0.15) is 0 Å². The number of hydrogen-bond acceptors (Lipinski definition) is 4. The molecular formula is C12H25KO4S. The van der Waals surface area contributed by atoms with Gasteiger partial charge in [0.2, 0.25) is 0 Å². The molecule has 0 radical (unpaired) electrons. The van der Waals surface area contributed by atoms with Crippen LogP contribution in [-0.2, 0) is 10.1 Å². The summed E-state index contributed by atoms with van der Waals surface area (Å²) in [4.78, 5) is 0. The Morgan fingerprint density at radius 2 is 1.56 bits per heavy atom. The molecule has 0 heterocycles. The molecule has 0 bridgehead atoms. The van der Waals surface area contributed by atoms with E-state index in [1.165, 1.54) is 0 Å². The fraction of sp³-hybridized carbons (Fsp3) is 1.00. The Hall–Kier alpha value is 1.51. The minimum Gasteiger partial charge on any atom is -0.748 e. The molecule has 0 aromatic carbocycles. The SMILES string of the molecule is CCCCCCC(O)C(CCCC)S(=O)(=O)[O-].[K+]. The molecule has 0 aromatic rings. The maximum atomic E-state index is 11.1. The molecule has 0 fully saturated rings. The van der Waals surface area contributed by atoms with Crippen LogP contribution < -0.4 is 51.4 Å². The molecular weight excluding hydrogens is 279 g/mol. The van der Waals surface area contributed by atoms with Crippen molar-refractivity contribution in [2.75, 3.05) is 0 Å². The largest absolute Gasteiger partial charge is 1.00 e. The summed E-state index contributed by atoms with van der Waals surface area (Å²) < 4.78 is 33.2. The van der Waals surface area contributed by atoms with E-state index in [0.717, 1.165) is 32.1 Å². The van der Waals surface area contributed by atoms with E-state index >= 15 is 0 Å². The van der Waals surface area contributed by atoms with E-state index < -0.39 is 21.5 Å². The van der Waals surface area contributed by atoms with Crippen molar-refractivity contribution < 1.29 is 69.5 Å². The van der Waals surface area contributed by atoms with E-state index in [-0.39, 0.29) is 57.8 Å². The summed E-state index contributed by atoms with van der Waals surface area (Å²) >= 11 is 0. The molecule has 104 valence electrons. The van der Waals surface area contributed by atoms with Gasteiger partial charge in [-0.15, -0.1) is 0 Å². The van der Waals surface area contributed by atoms with Crippen LogP contribution in [0.15, 0.2) is 0 Å². The first-order valence-corrected chi connectivity index (χ1v) is 8.03. The fourth-order valence-corrected chi connectivity index (χ4v) is 2.88. The molecule has 2 atom stereocenters. The van der Waals surface area contributed by atoms with Crippen molar-refractivity contribution in [1.82, 2.24) is 0 Å². The normalized spacial score (nSPS) is 14.9. The monoisotopic (exact) mass is 304 g/mol. The molecule has 0 amide bonds. The van der Waals surface area contributed by atoms with Gasteiger partial charge >= 0.3 is 51.4 Å². The van der Waals surface area contributed by atoms with E-state index in [9.17, 15) is 18.1 Å². The number of aliphatic hydroxyl groups excluding tert-OH is 1. The Morgan fingerprint density at radius 3 is 2.00 bits per heavy atom. The molecule has 18 heavy (non-hydrogen) atoms. The zero-order valence-corrected chi connectivity index (χ0v) is 15.8. The van der Waals surface area contributed by atoms with E-state index in [2.05, 4.69) is 6.92 Å². The average Bonchev–Trinajstić information content (AvgIpc) is 2.23. The third-order valence-electron chi connectivity index (χ3n) is 3.00. The van der Waals surface area contributed by atoms with Gasteiger partial charge in [0, 0.05) is 0 Å². The van der Waals surface area contributed by atoms with Gasteiger partial charge in [0.05, 0.1) is 11.4 Å². The van der Waals surface area contributed by atoms with Gasteiger partial charge in [-0.25, -0.2) is 8.42 Å². The van der Waals surface area contributed by atoms with Gasteiger partial charge in [0.1, 0.15) is 10.1 Å². The molecule has 0 saturated carbocycles. The fourth-order valence-electron chi connectivity index (χ4n) is 1.90. The van der Waals surface area contributed by atoms with Crippen LogP contribution in [0.5, 0.6) is 0 Å². The second-order valence-corrected chi connectivity index (χ2v) is 6.18. The van der Waals surface area contributed by atoms with Crippen LogP contribution in [0.25, 0.3) is 0 Å². The van der Waals surface area contributed by atoms with Crippen LogP contribution in [0.1, 0.15) is 65.2 Å². The van der Waals surface area contributed by atoms with Crippen molar-refractivity contribution in [3.63, 3.8) is 0 Å². The number of unbranched alkanes of at least 4 members (excludes halogenated alkanes) is 4. The first-order valence-electron chi connectivity index (χ1n) is 6.56. The molecule has 6 heteroatoms. The summed E-state index contributed by atoms with van der Waals surface area (Å²) in [5.41, 5.74) is 0. The van der Waals surface area contributed by atoms with Gasteiger partial charge < -0.3 is 9.66 Å². The molecule has 4 nitrogen and oxygen atoms in total. The summed E-state index contributed by atoms with van der Waals surface area (Å²) in [5, 5.41) is 8.67. The minimum absolute atomic E-state index is 0. The van der Waals surface area contributed by atoms with Crippen LogP contribution in [-0.4, -0.2) is 29.4 Å². The van der Waals surface area contributed by atoms with Crippen LogP contribution in [0.4, 0.5) is 0 Å². The van der Waals surface area contributed by atoms with Gasteiger partial charge in [-0.3, -0.25) is 0 Å². The Labute approximate surface area is 154 Å². The molecule has 0 spiro atoms. The predicted octanol–water partition coefficient (Wildman–Crippen LogP) is -0.574. The third-order valence-corrected chi connectivity index (χ3v) is 4.29. The van der Waals surface area contributed by atoms with Crippen molar-refractivity contribution in [2.24, 2.45) is 0 Å². The average molecular weight is 304 g/mol. The first kappa shape index (κ1) is 21.8. The van der Waals surface area contributed by atoms with Crippen molar-refractivity contribution in [3.8, 4) is 0 Å². The van der Waals surface area contributed by atoms with Crippen molar-refractivity contribution in [2.45, 2.75) is 76.6 Å². The zero-order chi connectivity index (χ0) is 13.3. The molecule has 0 aromatic heterocycles. The van der Waals surface area contributed by atoms with Crippen LogP contribution in [0, 0.1) is 0 Å². The Bertz CT molecular complexity index is 280. The molecule has 0 aliphatic rings. The van der Waals surface area contributed by atoms with E-state index in [1.807, 2.05) is 6.92 Å².